The number of likely N-dealkylation sites (tertiary alicyclic amines) is 1. The molecule has 2 N–H and O–H groups in total. The first-order valence-electron chi connectivity index (χ1n) is 8.99. The number of nitrogens with two attached hydrogens (primary N) is 1. The fourth-order valence-electron chi connectivity index (χ4n) is 3.40. The van der Waals surface area contributed by atoms with Crippen LogP contribution >= 0.6 is 0 Å². The van der Waals surface area contributed by atoms with Crippen molar-refractivity contribution in [3.8, 4) is 0 Å². The number of hydrogen-bond acceptors (Lipinski definition) is 4. The molecule has 2 atom stereocenters. The molecule has 1 saturated heterocycles. The molecular formula is C18H29N3O3S. The van der Waals surface area contributed by atoms with Gasteiger partial charge in [0.15, 0.2) is 0 Å². The predicted octanol–water partition coefficient (Wildman–Crippen LogP) is 2.06. The van der Waals surface area contributed by atoms with Crippen LogP contribution in [0, 0.1) is 0 Å². The number of hydrogen-bond donors (Lipinski definition) is 1. The van der Waals surface area contributed by atoms with Crippen LogP contribution in [-0.4, -0.2) is 55.2 Å². The number of nitrogens with zero attached hydrogens (tertiary/aromatic N) is 2. The van der Waals surface area contributed by atoms with Crippen LogP contribution < -0.4 is 5.73 Å². The van der Waals surface area contributed by atoms with Crippen LogP contribution in [0.5, 0.6) is 0 Å². The van der Waals surface area contributed by atoms with Gasteiger partial charge in [-0.25, -0.2) is 8.42 Å². The van der Waals surface area contributed by atoms with Gasteiger partial charge in [-0.3, -0.25) is 4.79 Å². The highest BCUT2D eigenvalue weighted by Gasteiger charge is 2.30. The van der Waals surface area contributed by atoms with Gasteiger partial charge in [0, 0.05) is 37.3 Å². The standard InChI is InChI=1S/C18H29N3O3S/c1-4-20(5-2)25(23,24)16-11-9-15(10-12-16)18(22)21-13-7-6-8-17(21)14(3)19/h9-12,14,17H,4-8,13,19H2,1-3H3. The molecule has 1 aromatic rings. The number of benzene rings is 1. The summed E-state index contributed by atoms with van der Waals surface area (Å²) in [5.74, 6) is -0.0752. The van der Waals surface area contributed by atoms with Crippen LogP contribution in [0.4, 0.5) is 0 Å². The normalized spacial score (nSPS) is 19.9. The quantitative estimate of drug-likeness (QED) is 0.834. The molecule has 1 aliphatic heterocycles. The Balaban J connectivity index is 2.23. The highest BCUT2D eigenvalue weighted by atomic mass is 32.2. The van der Waals surface area contributed by atoms with Gasteiger partial charge in [0.2, 0.25) is 10.0 Å². The van der Waals surface area contributed by atoms with E-state index in [4.69, 9.17) is 5.73 Å². The van der Waals surface area contributed by atoms with E-state index in [2.05, 4.69) is 0 Å². The van der Waals surface area contributed by atoms with E-state index in [1.165, 1.54) is 16.4 Å². The molecule has 0 aliphatic carbocycles. The van der Waals surface area contributed by atoms with Crippen LogP contribution in [0.3, 0.4) is 0 Å². The molecule has 0 radical (unpaired) electrons. The van der Waals surface area contributed by atoms with Crippen molar-refractivity contribution < 1.29 is 13.2 Å². The van der Waals surface area contributed by atoms with Crippen molar-refractivity contribution in [2.24, 2.45) is 5.73 Å². The molecule has 6 nitrogen and oxygen atoms in total. The lowest BCUT2D eigenvalue weighted by molar-refractivity contribution is 0.0583. The first-order valence-corrected chi connectivity index (χ1v) is 10.4. The van der Waals surface area contributed by atoms with Gasteiger partial charge in [0.1, 0.15) is 0 Å². The van der Waals surface area contributed by atoms with E-state index >= 15 is 0 Å². The van der Waals surface area contributed by atoms with Crippen molar-refractivity contribution in [2.45, 2.75) is 57.0 Å². The third-order valence-corrected chi connectivity index (χ3v) is 6.93. The van der Waals surface area contributed by atoms with Gasteiger partial charge in [-0.15, -0.1) is 0 Å². The van der Waals surface area contributed by atoms with E-state index in [1.54, 1.807) is 12.1 Å². The highest BCUT2D eigenvalue weighted by Crippen LogP contribution is 2.23. The van der Waals surface area contributed by atoms with Crippen LogP contribution in [0.1, 0.15) is 50.4 Å². The Hall–Kier alpha value is -1.44. The molecule has 0 spiro atoms. The number of piperidine rings is 1. The number of rotatable bonds is 6. The van der Waals surface area contributed by atoms with Gasteiger partial charge in [-0.2, -0.15) is 4.31 Å². The first-order chi connectivity index (χ1) is 11.8. The minimum Gasteiger partial charge on any atom is -0.334 e. The molecule has 0 saturated carbocycles. The largest absolute Gasteiger partial charge is 0.334 e. The van der Waals surface area contributed by atoms with Crippen molar-refractivity contribution in [3.63, 3.8) is 0 Å². The Bertz CT molecular complexity index is 682. The fourth-order valence-corrected chi connectivity index (χ4v) is 4.86. The van der Waals surface area contributed by atoms with Gasteiger partial charge in [-0.05, 0) is 50.5 Å². The summed E-state index contributed by atoms with van der Waals surface area (Å²) in [6.45, 7) is 7.08. The summed E-state index contributed by atoms with van der Waals surface area (Å²) in [5, 5.41) is 0. The van der Waals surface area contributed by atoms with Crippen molar-refractivity contribution in [1.82, 2.24) is 9.21 Å². The highest BCUT2D eigenvalue weighted by molar-refractivity contribution is 7.89. The maximum absolute atomic E-state index is 12.8. The van der Waals surface area contributed by atoms with E-state index in [0.29, 0.717) is 25.2 Å². The molecule has 1 aliphatic rings. The summed E-state index contributed by atoms with van der Waals surface area (Å²) >= 11 is 0. The summed E-state index contributed by atoms with van der Waals surface area (Å²) < 4.78 is 26.5. The van der Waals surface area contributed by atoms with Gasteiger partial charge < -0.3 is 10.6 Å². The molecule has 1 heterocycles. The van der Waals surface area contributed by atoms with E-state index < -0.39 is 10.0 Å². The Morgan fingerprint density at radius 1 is 1.24 bits per heavy atom. The summed E-state index contributed by atoms with van der Waals surface area (Å²) in [6.07, 6.45) is 2.97. The van der Waals surface area contributed by atoms with Gasteiger partial charge in [0.05, 0.1) is 4.90 Å². The molecule has 25 heavy (non-hydrogen) atoms. The summed E-state index contributed by atoms with van der Waals surface area (Å²) in [7, 11) is -3.50. The molecule has 0 aromatic heterocycles. The van der Waals surface area contributed by atoms with Gasteiger partial charge in [0.25, 0.3) is 5.91 Å². The van der Waals surface area contributed by atoms with Gasteiger partial charge in [-0.1, -0.05) is 13.8 Å². The number of carbonyl (C=O) groups is 1. The Labute approximate surface area is 151 Å². The van der Waals surface area contributed by atoms with E-state index in [0.717, 1.165) is 19.3 Å². The molecule has 1 amide bonds. The minimum absolute atomic E-state index is 0.0420. The molecule has 2 rings (SSSR count). The maximum Gasteiger partial charge on any atom is 0.254 e. The van der Waals surface area contributed by atoms with Crippen molar-refractivity contribution in [2.75, 3.05) is 19.6 Å². The van der Waals surface area contributed by atoms with Crippen LogP contribution in [0.15, 0.2) is 29.2 Å². The molecule has 140 valence electrons. The lowest BCUT2D eigenvalue weighted by atomic mass is 9.96. The zero-order chi connectivity index (χ0) is 18.6. The first kappa shape index (κ1) is 19.9. The van der Waals surface area contributed by atoms with E-state index in [-0.39, 0.29) is 22.9 Å². The van der Waals surface area contributed by atoms with Gasteiger partial charge >= 0.3 is 0 Å². The predicted molar refractivity (Wildman–Crippen MR) is 98.9 cm³/mol. The molecule has 1 fully saturated rings. The molecule has 1 aromatic carbocycles. The summed E-state index contributed by atoms with van der Waals surface area (Å²) in [5.41, 5.74) is 6.55. The van der Waals surface area contributed by atoms with E-state index in [9.17, 15) is 13.2 Å². The SMILES string of the molecule is CCN(CC)S(=O)(=O)c1ccc(C(=O)N2CCCCC2C(C)N)cc1. The third-order valence-electron chi connectivity index (χ3n) is 4.86. The van der Waals surface area contributed by atoms with Crippen LogP contribution in [-0.2, 0) is 10.0 Å². The van der Waals surface area contributed by atoms with Crippen molar-refractivity contribution in [3.05, 3.63) is 29.8 Å². The molecule has 7 heteroatoms. The second-order valence-corrected chi connectivity index (χ2v) is 8.47. The summed E-state index contributed by atoms with van der Waals surface area (Å²) in [6, 6.07) is 6.21. The second-order valence-electron chi connectivity index (χ2n) is 6.53. The lowest BCUT2D eigenvalue weighted by Gasteiger charge is -2.38. The number of sulfonamides is 1. The smallest absolute Gasteiger partial charge is 0.254 e. The van der Waals surface area contributed by atoms with Crippen molar-refractivity contribution in [1.29, 1.82) is 0 Å². The van der Waals surface area contributed by atoms with Crippen LogP contribution in [0.25, 0.3) is 0 Å². The average Bonchev–Trinajstić information content (AvgIpc) is 2.62. The summed E-state index contributed by atoms with van der Waals surface area (Å²) in [4.78, 5) is 14.9. The third kappa shape index (κ3) is 4.22. The minimum atomic E-state index is -3.50. The molecular weight excluding hydrogens is 338 g/mol. The zero-order valence-corrected chi connectivity index (χ0v) is 16.1. The zero-order valence-electron chi connectivity index (χ0n) is 15.3. The Morgan fingerprint density at radius 3 is 2.36 bits per heavy atom. The second kappa shape index (κ2) is 8.29. The Kier molecular flexibility index (Phi) is 6.59. The molecule has 2 unspecified atom stereocenters. The monoisotopic (exact) mass is 367 g/mol. The number of amides is 1. The van der Waals surface area contributed by atoms with Crippen molar-refractivity contribution >= 4 is 15.9 Å². The van der Waals surface area contributed by atoms with E-state index in [1.807, 2.05) is 25.7 Å². The molecule has 0 bridgehead atoms. The topological polar surface area (TPSA) is 83.7 Å². The fraction of sp³-hybridized carbons (Fsp3) is 0.611. The average molecular weight is 368 g/mol. The number of carbonyl (C=O) groups excluding carboxylic acids is 1. The lowest BCUT2D eigenvalue weighted by Crippen LogP contribution is -2.51. The maximum atomic E-state index is 12.8. The van der Waals surface area contributed by atoms with Crippen LogP contribution in [0.2, 0.25) is 0 Å². The Morgan fingerprint density at radius 2 is 1.84 bits per heavy atom.